The summed E-state index contributed by atoms with van der Waals surface area (Å²) in [4.78, 5) is 68.2. The summed E-state index contributed by atoms with van der Waals surface area (Å²) in [6.45, 7) is 7.02. The van der Waals surface area contributed by atoms with Gasteiger partial charge in [-0.25, -0.2) is 4.79 Å². The Kier molecular flexibility index (Phi) is 11.7. The van der Waals surface area contributed by atoms with Gasteiger partial charge in [-0.3, -0.25) is 19.2 Å². The number of Topliss-reactive ketones (excluding diaryl/α,β-unsaturated/α-hetero) is 1. The first-order valence-corrected chi connectivity index (χ1v) is 14.8. The Labute approximate surface area is 242 Å². The maximum absolute atomic E-state index is 13.8. The molecule has 226 valence electrons. The van der Waals surface area contributed by atoms with Crippen molar-refractivity contribution in [2.45, 2.75) is 95.7 Å². The van der Waals surface area contributed by atoms with Crippen molar-refractivity contribution in [3.8, 4) is 0 Å². The predicted octanol–water partition coefficient (Wildman–Crippen LogP) is 2.90. The number of nitrogens with zero attached hydrogens (tertiary/aromatic N) is 1. The molecule has 1 heterocycles. The van der Waals surface area contributed by atoms with Crippen molar-refractivity contribution in [2.24, 2.45) is 0 Å². The Balaban J connectivity index is 1.73. The van der Waals surface area contributed by atoms with Gasteiger partial charge in [0.1, 0.15) is 11.1 Å². The van der Waals surface area contributed by atoms with Crippen molar-refractivity contribution < 1.29 is 28.7 Å². The van der Waals surface area contributed by atoms with E-state index in [9.17, 15) is 24.0 Å². The second-order valence-electron chi connectivity index (χ2n) is 11.2. The zero-order valence-corrected chi connectivity index (χ0v) is 24.6. The molecule has 1 aliphatic heterocycles. The minimum Gasteiger partial charge on any atom is -0.378 e. The van der Waals surface area contributed by atoms with Gasteiger partial charge < -0.3 is 30.9 Å². The topological polar surface area (TPSA) is 146 Å². The molecule has 0 spiro atoms. The molecule has 0 bridgehead atoms. The van der Waals surface area contributed by atoms with Crippen LogP contribution < -0.4 is 21.3 Å². The molecule has 2 aliphatic rings. The number of morpholine rings is 1. The summed E-state index contributed by atoms with van der Waals surface area (Å²) in [5.74, 6) is -2.66. The third kappa shape index (κ3) is 8.51. The van der Waals surface area contributed by atoms with Gasteiger partial charge in [-0.15, -0.1) is 0 Å². The first-order valence-electron chi connectivity index (χ1n) is 14.8. The Bertz CT molecular complexity index is 1070. The molecule has 1 saturated heterocycles. The van der Waals surface area contributed by atoms with Crippen LogP contribution >= 0.6 is 0 Å². The van der Waals surface area contributed by atoms with Crippen molar-refractivity contribution in [2.75, 3.05) is 31.6 Å². The summed E-state index contributed by atoms with van der Waals surface area (Å²) in [5.41, 5.74) is -1.94. The second-order valence-corrected chi connectivity index (χ2v) is 11.2. The molecule has 11 heteroatoms. The number of carbonyl (C=O) groups is 5. The zero-order chi connectivity index (χ0) is 29.9. The number of ether oxygens (including phenoxy) is 1. The first-order chi connectivity index (χ1) is 19.6. The van der Waals surface area contributed by atoms with E-state index in [4.69, 9.17) is 4.74 Å². The third-order valence-corrected chi connectivity index (χ3v) is 8.11. The van der Waals surface area contributed by atoms with Gasteiger partial charge >= 0.3 is 6.03 Å². The highest BCUT2D eigenvalue weighted by Crippen LogP contribution is 2.29. The van der Waals surface area contributed by atoms with Crippen LogP contribution in [-0.4, -0.2) is 77.9 Å². The summed E-state index contributed by atoms with van der Waals surface area (Å²) in [7, 11) is 0. The molecule has 11 nitrogen and oxygen atoms in total. The van der Waals surface area contributed by atoms with Crippen LogP contribution in [0.25, 0.3) is 0 Å². The predicted molar refractivity (Wildman–Crippen MR) is 155 cm³/mol. The van der Waals surface area contributed by atoms with Crippen molar-refractivity contribution in [1.82, 2.24) is 20.9 Å². The Morgan fingerprint density at radius 3 is 2.27 bits per heavy atom. The molecule has 0 aromatic heterocycles. The van der Waals surface area contributed by atoms with Crippen molar-refractivity contribution in [3.63, 3.8) is 0 Å². The maximum Gasteiger partial charge on any atom is 0.318 e. The number of nitrogens with one attached hydrogen (secondary N) is 4. The number of benzene rings is 1. The Hall–Kier alpha value is -3.47. The number of amides is 5. The van der Waals surface area contributed by atoms with E-state index in [1.54, 1.807) is 43.0 Å². The summed E-state index contributed by atoms with van der Waals surface area (Å²) >= 11 is 0. The minimum atomic E-state index is -1.35. The van der Waals surface area contributed by atoms with E-state index in [2.05, 4.69) is 21.3 Å². The number of ketones is 1. The maximum atomic E-state index is 13.8. The second kappa shape index (κ2) is 15.0. The van der Waals surface area contributed by atoms with Gasteiger partial charge in [-0.1, -0.05) is 64.2 Å². The average Bonchev–Trinajstić information content (AvgIpc) is 2.99. The fraction of sp³-hybridized carbons (Fsp3) is 0.633. The Morgan fingerprint density at radius 2 is 1.66 bits per heavy atom. The van der Waals surface area contributed by atoms with Crippen LogP contribution in [0.1, 0.15) is 78.6 Å². The van der Waals surface area contributed by atoms with Crippen molar-refractivity contribution >= 4 is 35.2 Å². The minimum absolute atomic E-state index is 0.243. The highest BCUT2D eigenvalue weighted by atomic mass is 16.5. The molecule has 1 aliphatic carbocycles. The molecule has 4 N–H and O–H groups in total. The van der Waals surface area contributed by atoms with Gasteiger partial charge in [0, 0.05) is 18.8 Å². The highest BCUT2D eigenvalue weighted by molar-refractivity contribution is 6.39. The molecule has 2 fully saturated rings. The molecule has 0 radical (unpaired) electrons. The van der Waals surface area contributed by atoms with E-state index < -0.39 is 40.6 Å². The Morgan fingerprint density at radius 1 is 1.00 bits per heavy atom. The lowest BCUT2D eigenvalue weighted by Gasteiger charge is -2.39. The fourth-order valence-electron chi connectivity index (χ4n) is 5.15. The number of anilines is 1. The van der Waals surface area contributed by atoms with Crippen LogP contribution in [0.4, 0.5) is 10.5 Å². The summed E-state index contributed by atoms with van der Waals surface area (Å²) < 4.78 is 5.34. The molecule has 5 amide bonds. The number of hydrogen-bond donors (Lipinski definition) is 4. The number of hydrogen-bond acceptors (Lipinski definition) is 6. The normalized spacial score (nSPS) is 18.8. The monoisotopic (exact) mass is 571 g/mol. The number of urea groups is 1. The zero-order valence-electron chi connectivity index (χ0n) is 24.6. The molecule has 1 saturated carbocycles. The van der Waals surface area contributed by atoms with Gasteiger partial charge in [0.15, 0.2) is 0 Å². The van der Waals surface area contributed by atoms with Crippen LogP contribution in [0, 0.1) is 0 Å². The van der Waals surface area contributed by atoms with Gasteiger partial charge in [0.25, 0.3) is 5.91 Å². The van der Waals surface area contributed by atoms with Gasteiger partial charge in [-0.2, -0.15) is 0 Å². The lowest BCUT2D eigenvalue weighted by atomic mass is 9.80. The molecule has 1 aromatic carbocycles. The molecule has 41 heavy (non-hydrogen) atoms. The van der Waals surface area contributed by atoms with Gasteiger partial charge in [-0.05, 0) is 44.7 Å². The highest BCUT2D eigenvalue weighted by Gasteiger charge is 2.44. The lowest BCUT2D eigenvalue weighted by molar-refractivity contribution is -0.143. The molecular formula is C30H45N5O6. The third-order valence-electron chi connectivity index (χ3n) is 8.11. The summed E-state index contributed by atoms with van der Waals surface area (Å²) in [6.07, 6.45) is 5.24. The number of unbranched alkanes of at least 4 members (excludes halogenated alkanes) is 1. The molecule has 3 rings (SSSR count). The summed E-state index contributed by atoms with van der Waals surface area (Å²) in [5, 5.41) is 11.2. The van der Waals surface area contributed by atoms with E-state index >= 15 is 0 Å². The van der Waals surface area contributed by atoms with Crippen LogP contribution in [0.3, 0.4) is 0 Å². The first kappa shape index (κ1) is 32.0. The average molecular weight is 572 g/mol. The molecule has 1 aromatic rings. The van der Waals surface area contributed by atoms with E-state index in [-0.39, 0.29) is 18.9 Å². The SMILES string of the molecule is CCCCC(NC(=O)C1(NC(=O)N2CCOCC2)CCCCC1)C(=O)C(=O)NC(C)(CC)C(=O)Nc1ccccc1. The number of carbonyl (C=O) groups excluding carboxylic acids is 5. The fourth-order valence-corrected chi connectivity index (χ4v) is 5.15. The van der Waals surface area contributed by atoms with E-state index in [1.165, 1.54) is 0 Å². The van der Waals surface area contributed by atoms with Gasteiger partial charge in [0.05, 0.1) is 19.3 Å². The summed E-state index contributed by atoms with van der Waals surface area (Å²) in [6, 6.07) is 7.44. The molecule has 2 atom stereocenters. The smallest absolute Gasteiger partial charge is 0.318 e. The van der Waals surface area contributed by atoms with Crippen LogP contribution in [0.15, 0.2) is 30.3 Å². The van der Waals surface area contributed by atoms with E-state index in [1.807, 2.05) is 13.0 Å². The van der Waals surface area contributed by atoms with Crippen molar-refractivity contribution in [3.05, 3.63) is 30.3 Å². The van der Waals surface area contributed by atoms with E-state index in [0.717, 1.165) is 25.7 Å². The van der Waals surface area contributed by atoms with Crippen LogP contribution in [-0.2, 0) is 23.9 Å². The van der Waals surface area contributed by atoms with Crippen LogP contribution in [0.2, 0.25) is 0 Å². The standard InChI is InChI=1S/C30H45N5O6/c1-4-6-15-23(24(36)25(37)33-29(3,5-2)26(38)31-22-13-9-7-10-14-22)32-27(39)30(16-11-8-12-17-30)34-28(40)35-18-20-41-21-19-35/h7,9-10,13-14,23H,4-6,8,11-12,15-21H2,1-3H3,(H,31,38)(H,32,39)(H,33,37)(H,34,40). The van der Waals surface area contributed by atoms with E-state index in [0.29, 0.717) is 51.3 Å². The molecular weight excluding hydrogens is 526 g/mol. The number of para-hydroxylation sites is 1. The quantitative estimate of drug-likeness (QED) is 0.284. The van der Waals surface area contributed by atoms with Gasteiger partial charge in [0.2, 0.25) is 17.6 Å². The lowest BCUT2D eigenvalue weighted by Crippen LogP contribution is -2.65. The number of rotatable bonds is 12. The van der Waals surface area contributed by atoms with Crippen LogP contribution in [0.5, 0.6) is 0 Å². The largest absolute Gasteiger partial charge is 0.378 e. The van der Waals surface area contributed by atoms with Crippen molar-refractivity contribution in [1.29, 1.82) is 0 Å². The molecule has 2 unspecified atom stereocenters.